The van der Waals surface area contributed by atoms with Gasteiger partial charge in [-0.2, -0.15) is 0 Å². The van der Waals surface area contributed by atoms with Crippen LogP contribution in [0.25, 0.3) is 0 Å². The summed E-state index contributed by atoms with van der Waals surface area (Å²) in [5.41, 5.74) is -0.960. The Labute approximate surface area is 139 Å². The monoisotopic (exact) mass is 337 g/mol. The maximum Gasteiger partial charge on any atom is 0.329 e. The highest BCUT2D eigenvalue weighted by Crippen LogP contribution is 2.50. The highest BCUT2D eigenvalue weighted by Gasteiger charge is 2.52. The summed E-state index contributed by atoms with van der Waals surface area (Å²) in [5.74, 6) is -3.16. The zero-order valence-corrected chi connectivity index (χ0v) is 13.6. The van der Waals surface area contributed by atoms with Gasteiger partial charge in [-0.15, -0.1) is 0 Å². The summed E-state index contributed by atoms with van der Waals surface area (Å²) >= 11 is 0. The van der Waals surface area contributed by atoms with Gasteiger partial charge >= 0.3 is 5.97 Å². The molecule has 130 valence electrons. The van der Waals surface area contributed by atoms with Gasteiger partial charge in [0.2, 0.25) is 5.91 Å². The molecule has 2 aliphatic rings. The zero-order chi connectivity index (χ0) is 17.5. The number of halogens is 2. The molecule has 0 bridgehead atoms. The van der Waals surface area contributed by atoms with Gasteiger partial charge in [-0.05, 0) is 48.9 Å². The van der Waals surface area contributed by atoms with Crippen molar-refractivity contribution in [2.45, 2.75) is 50.0 Å². The minimum atomic E-state index is -1.16. The predicted octanol–water partition coefficient (Wildman–Crippen LogP) is 3.31. The number of carbonyl (C=O) groups excluding carboxylic acids is 1. The summed E-state index contributed by atoms with van der Waals surface area (Å²) in [4.78, 5) is 25.9. The highest BCUT2D eigenvalue weighted by molar-refractivity contribution is 5.90. The molecule has 1 aromatic carbocycles. The van der Waals surface area contributed by atoms with Crippen LogP contribution in [0.2, 0.25) is 0 Å². The molecule has 2 fully saturated rings. The molecule has 2 unspecified atom stereocenters. The molecule has 2 aliphatic carbocycles. The molecule has 3 rings (SSSR count). The van der Waals surface area contributed by atoms with E-state index in [1.165, 1.54) is 11.9 Å². The van der Waals surface area contributed by atoms with Crippen molar-refractivity contribution in [2.24, 2.45) is 5.92 Å². The lowest BCUT2D eigenvalue weighted by Crippen LogP contribution is -2.56. The Morgan fingerprint density at radius 1 is 1.21 bits per heavy atom. The molecule has 2 saturated carbocycles. The van der Waals surface area contributed by atoms with Crippen LogP contribution in [0.15, 0.2) is 18.2 Å². The number of aliphatic carboxylic acids is 1. The number of likely N-dealkylation sites (N-methyl/N-ethyl adjacent to an activating group) is 1. The van der Waals surface area contributed by atoms with Crippen LogP contribution in [0.4, 0.5) is 8.78 Å². The van der Waals surface area contributed by atoms with Gasteiger partial charge < -0.3 is 10.0 Å². The Balaban J connectivity index is 1.77. The van der Waals surface area contributed by atoms with Gasteiger partial charge in [0.1, 0.15) is 17.2 Å². The van der Waals surface area contributed by atoms with Crippen LogP contribution in [0.1, 0.15) is 50.0 Å². The van der Waals surface area contributed by atoms with Gasteiger partial charge in [0, 0.05) is 13.0 Å². The molecule has 0 aliphatic heterocycles. The topological polar surface area (TPSA) is 57.6 Å². The third-order valence-electron chi connectivity index (χ3n) is 5.52. The number of carboxylic acids is 1. The standard InChI is InChI=1S/C18H21F2NO3/c1-21(18(17(23)24)7-3-2-4-8-18)16(22)14-10-12(14)13-9-11(19)5-6-15(13)20/h5-6,9,12,14H,2-4,7-8,10H2,1H3,(H,23,24). The number of carboxylic acid groups (broad SMARTS) is 1. The normalized spacial score (nSPS) is 25.1. The lowest BCUT2D eigenvalue weighted by Gasteiger charge is -2.41. The van der Waals surface area contributed by atoms with E-state index in [0.29, 0.717) is 19.3 Å². The minimum Gasteiger partial charge on any atom is -0.479 e. The van der Waals surface area contributed by atoms with Crippen LogP contribution >= 0.6 is 0 Å². The van der Waals surface area contributed by atoms with E-state index in [2.05, 4.69) is 0 Å². The number of benzene rings is 1. The quantitative estimate of drug-likeness (QED) is 0.917. The first kappa shape index (κ1) is 16.9. The number of nitrogens with zero attached hydrogens (tertiary/aromatic N) is 1. The Bertz CT molecular complexity index is 670. The molecule has 4 nitrogen and oxygen atoms in total. The van der Waals surface area contributed by atoms with Crippen molar-refractivity contribution in [1.29, 1.82) is 0 Å². The molecule has 1 amide bonds. The van der Waals surface area contributed by atoms with E-state index in [1.54, 1.807) is 0 Å². The molecule has 0 radical (unpaired) electrons. The van der Waals surface area contributed by atoms with Gasteiger partial charge in [0.25, 0.3) is 0 Å². The van der Waals surface area contributed by atoms with Gasteiger partial charge in [-0.1, -0.05) is 19.3 Å². The maximum absolute atomic E-state index is 13.9. The van der Waals surface area contributed by atoms with Crippen molar-refractivity contribution in [2.75, 3.05) is 7.05 Å². The van der Waals surface area contributed by atoms with Crippen molar-refractivity contribution in [3.63, 3.8) is 0 Å². The summed E-state index contributed by atoms with van der Waals surface area (Å²) in [6, 6.07) is 3.24. The summed E-state index contributed by atoms with van der Waals surface area (Å²) in [6.07, 6.45) is 3.83. The summed E-state index contributed by atoms with van der Waals surface area (Å²) in [7, 11) is 1.53. The third-order valence-corrected chi connectivity index (χ3v) is 5.52. The Hall–Kier alpha value is -1.98. The number of amides is 1. The van der Waals surface area contributed by atoms with Crippen LogP contribution in [0.5, 0.6) is 0 Å². The summed E-state index contributed by atoms with van der Waals surface area (Å²) in [6.45, 7) is 0. The fourth-order valence-electron chi connectivity index (χ4n) is 3.90. The first-order valence-corrected chi connectivity index (χ1v) is 8.33. The average Bonchev–Trinajstić information content (AvgIpc) is 3.36. The van der Waals surface area contributed by atoms with Gasteiger partial charge in [-0.3, -0.25) is 4.79 Å². The highest BCUT2D eigenvalue weighted by atomic mass is 19.1. The molecule has 1 aromatic rings. The Morgan fingerprint density at radius 3 is 2.50 bits per heavy atom. The van der Waals surface area contributed by atoms with Crippen LogP contribution in [-0.2, 0) is 9.59 Å². The molecular formula is C18H21F2NO3. The SMILES string of the molecule is CN(C(=O)C1CC1c1cc(F)ccc1F)C1(C(=O)O)CCCCC1. The molecule has 24 heavy (non-hydrogen) atoms. The Morgan fingerprint density at radius 2 is 1.88 bits per heavy atom. The first-order chi connectivity index (χ1) is 11.4. The Kier molecular flexibility index (Phi) is 4.32. The molecule has 6 heteroatoms. The first-order valence-electron chi connectivity index (χ1n) is 8.33. The molecule has 0 spiro atoms. The number of carbonyl (C=O) groups is 2. The zero-order valence-electron chi connectivity index (χ0n) is 13.6. The van der Waals surface area contributed by atoms with Crippen LogP contribution in [0, 0.1) is 17.6 Å². The van der Waals surface area contributed by atoms with Crippen LogP contribution in [0.3, 0.4) is 0 Å². The van der Waals surface area contributed by atoms with E-state index in [4.69, 9.17) is 0 Å². The van der Waals surface area contributed by atoms with Gasteiger partial charge in [0.05, 0.1) is 0 Å². The van der Waals surface area contributed by atoms with E-state index < -0.39 is 29.1 Å². The van der Waals surface area contributed by atoms with E-state index in [1.807, 2.05) is 0 Å². The second-order valence-corrected chi connectivity index (χ2v) is 6.91. The maximum atomic E-state index is 13.9. The van der Waals surface area contributed by atoms with Gasteiger partial charge in [-0.25, -0.2) is 13.6 Å². The second kappa shape index (κ2) is 6.15. The second-order valence-electron chi connectivity index (χ2n) is 6.91. The largest absolute Gasteiger partial charge is 0.479 e. The summed E-state index contributed by atoms with van der Waals surface area (Å²) < 4.78 is 27.2. The molecule has 2 atom stereocenters. The van der Waals surface area contributed by atoms with E-state index in [-0.39, 0.29) is 17.4 Å². The lowest BCUT2D eigenvalue weighted by atomic mass is 9.80. The molecular weight excluding hydrogens is 316 g/mol. The number of hydrogen-bond acceptors (Lipinski definition) is 2. The van der Waals surface area contributed by atoms with E-state index in [0.717, 1.165) is 37.5 Å². The van der Waals surface area contributed by atoms with Crippen molar-refractivity contribution >= 4 is 11.9 Å². The third kappa shape index (κ3) is 2.78. The van der Waals surface area contributed by atoms with Gasteiger partial charge in [0.15, 0.2) is 0 Å². The smallest absolute Gasteiger partial charge is 0.329 e. The summed E-state index contributed by atoms with van der Waals surface area (Å²) in [5, 5.41) is 9.67. The fraction of sp³-hybridized carbons (Fsp3) is 0.556. The molecule has 1 N–H and O–H groups in total. The lowest BCUT2D eigenvalue weighted by molar-refractivity contribution is -0.160. The molecule has 0 saturated heterocycles. The minimum absolute atomic E-state index is 0.203. The average molecular weight is 337 g/mol. The number of rotatable bonds is 4. The van der Waals surface area contributed by atoms with Crippen molar-refractivity contribution < 1.29 is 23.5 Å². The molecule has 0 aromatic heterocycles. The number of hydrogen-bond donors (Lipinski definition) is 1. The van der Waals surface area contributed by atoms with Crippen LogP contribution in [-0.4, -0.2) is 34.5 Å². The van der Waals surface area contributed by atoms with Crippen molar-refractivity contribution in [3.8, 4) is 0 Å². The van der Waals surface area contributed by atoms with Crippen molar-refractivity contribution in [3.05, 3.63) is 35.4 Å². The van der Waals surface area contributed by atoms with Crippen LogP contribution < -0.4 is 0 Å². The van der Waals surface area contributed by atoms with E-state index in [9.17, 15) is 23.5 Å². The van der Waals surface area contributed by atoms with Crippen molar-refractivity contribution in [1.82, 2.24) is 4.90 Å². The molecule has 0 heterocycles. The predicted molar refractivity (Wildman–Crippen MR) is 83.4 cm³/mol. The van der Waals surface area contributed by atoms with E-state index >= 15 is 0 Å². The fourth-order valence-corrected chi connectivity index (χ4v) is 3.90.